The number of amides is 1. The maximum atomic E-state index is 12.9. The van der Waals surface area contributed by atoms with Crippen molar-refractivity contribution in [1.82, 2.24) is 9.88 Å². The van der Waals surface area contributed by atoms with Crippen LogP contribution in [0.25, 0.3) is 0 Å². The molecule has 25 heavy (non-hydrogen) atoms. The number of fused-ring (bicyclic) bond motifs is 2. The number of hydrogen-bond acceptors (Lipinski definition) is 5. The van der Waals surface area contributed by atoms with Gasteiger partial charge in [-0.1, -0.05) is 6.07 Å². The van der Waals surface area contributed by atoms with Crippen molar-refractivity contribution >= 4 is 5.91 Å². The summed E-state index contributed by atoms with van der Waals surface area (Å²) in [6.45, 7) is 3.40. The van der Waals surface area contributed by atoms with Gasteiger partial charge in [0.2, 0.25) is 0 Å². The van der Waals surface area contributed by atoms with E-state index >= 15 is 0 Å². The molecule has 0 unspecified atom stereocenters. The molecule has 4 rings (SSSR count). The molecule has 2 aromatic heterocycles. The highest BCUT2D eigenvalue weighted by Gasteiger charge is 2.45. The molecule has 2 bridgehead atoms. The minimum atomic E-state index is -0.122. The van der Waals surface area contributed by atoms with Crippen molar-refractivity contribution in [2.45, 2.75) is 44.6 Å². The smallest absolute Gasteiger partial charge is 0.289 e. The highest BCUT2D eigenvalue weighted by Crippen LogP contribution is 2.33. The van der Waals surface area contributed by atoms with E-state index in [-0.39, 0.29) is 24.2 Å². The molecule has 1 amide bonds. The fourth-order valence-electron chi connectivity index (χ4n) is 3.73. The van der Waals surface area contributed by atoms with Crippen LogP contribution in [0.4, 0.5) is 0 Å². The first-order valence-corrected chi connectivity index (χ1v) is 8.72. The SMILES string of the molecule is Cc1ccc(C(=O)N2CCO[C@H]3CC[C@H]2[C@@H]3OCc2cccnc2)o1. The molecule has 6 nitrogen and oxygen atoms in total. The van der Waals surface area contributed by atoms with Gasteiger partial charge >= 0.3 is 0 Å². The largest absolute Gasteiger partial charge is 0.456 e. The van der Waals surface area contributed by atoms with E-state index in [2.05, 4.69) is 4.98 Å². The lowest BCUT2D eigenvalue weighted by atomic mass is 10.1. The molecule has 6 heteroatoms. The molecule has 0 spiro atoms. The van der Waals surface area contributed by atoms with Crippen LogP contribution in [0, 0.1) is 6.92 Å². The summed E-state index contributed by atoms with van der Waals surface area (Å²) in [4.78, 5) is 18.9. The van der Waals surface area contributed by atoms with Crippen LogP contribution < -0.4 is 0 Å². The Morgan fingerprint density at radius 3 is 3.04 bits per heavy atom. The number of furan rings is 1. The van der Waals surface area contributed by atoms with E-state index in [1.165, 1.54) is 0 Å². The molecule has 0 radical (unpaired) electrons. The monoisotopic (exact) mass is 342 g/mol. The quantitative estimate of drug-likeness (QED) is 0.854. The van der Waals surface area contributed by atoms with Gasteiger partial charge in [0.15, 0.2) is 5.76 Å². The van der Waals surface area contributed by atoms with Gasteiger partial charge in [-0.15, -0.1) is 0 Å². The summed E-state index contributed by atoms with van der Waals surface area (Å²) in [5.41, 5.74) is 1.02. The van der Waals surface area contributed by atoms with Crippen molar-refractivity contribution < 1.29 is 18.7 Å². The number of aryl methyl sites for hydroxylation is 1. The summed E-state index contributed by atoms with van der Waals surface area (Å²) in [6.07, 6.45) is 5.25. The molecule has 0 aromatic carbocycles. The molecule has 3 atom stereocenters. The molecule has 2 aromatic rings. The lowest BCUT2D eigenvalue weighted by molar-refractivity contribution is -0.0599. The highest BCUT2D eigenvalue weighted by molar-refractivity contribution is 5.91. The predicted octanol–water partition coefficient (Wildman–Crippen LogP) is 2.57. The van der Waals surface area contributed by atoms with Gasteiger partial charge in [-0.05, 0) is 43.5 Å². The second kappa shape index (κ2) is 6.98. The Bertz CT molecular complexity index is 730. The van der Waals surface area contributed by atoms with Gasteiger partial charge in [0.05, 0.1) is 25.4 Å². The number of carbonyl (C=O) groups is 1. The number of hydrogen-bond donors (Lipinski definition) is 0. The van der Waals surface area contributed by atoms with Crippen LogP contribution in [-0.2, 0) is 16.1 Å². The number of nitrogens with zero attached hydrogens (tertiary/aromatic N) is 2. The topological polar surface area (TPSA) is 64.8 Å². The van der Waals surface area contributed by atoms with Gasteiger partial charge in [-0.2, -0.15) is 0 Å². The molecule has 2 aliphatic rings. The Morgan fingerprint density at radius 1 is 1.36 bits per heavy atom. The zero-order chi connectivity index (χ0) is 17.2. The molecule has 1 saturated carbocycles. The maximum Gasteiger partial charge on any atom is 0.289 e. The third-order valence-electron chi connectivity index (χ3n) is 4.93. The first-order valence-electron chi connectivity index (χ1n) is 8.72. The summed E-state index contributed by atoms with van der Waals surface area (Å²) in [7, 11) is 0. The minimum absolute atomic E-state index is 0.0158. The number of ether oxygens (including phenoxy) is 2. The molecule has 132 valence electrons. The van der Waals surface area contributed by atoms with Gasteiger partial charge in [0, 0.05) is 18.9 Å². The van der Waals surface area contributed by atoms with Crippen molar-refractivity contribution in [1.29, 1.82) is 0 Å². The van der Waals surface area contributed by atoms with Crippen molar-refractivity contribution in [3.05, 3.63) is 53.7 Å². The van der Waals surface area contributed by atoms with E-state index in [1.807, 2.05) is 30.0 Å². The van der Waals surface area contributed by atoms with E-state index < -0.39 is 0 Å². The van der Waals surface area contributed by atoms with Gasteiger partial charge < -0.3 is 18.8 Å². The summed E-state index contributed by atoms with van der Waals surface area (Å²) in [5.74, 6) is 1.04. The van der Waals surface area contributed by atoms with Crippen molar-refractivity contribution in [2.75, 3.05) is 13.2 Å². The summed E-state index contributed by atoms with van der Waals surface area (Å²) < 4.78 is 17.6. The predicted molar refractivity (Wildman–Crippen MR) is 90.1 cm³/mol. The van der Waals surface area contributed by atoms with Gasteiger partial charge in [0.25, 0.3) is 5.91 Å². The molecule has 3 heterocycles. The second-order valence-electron chi connectivity index (χ2n) is 6.60. The van der Waals surface area contributed by atoms with Crippen LogP contribution in [0.1, 0.15) is 34.7 Å². The van der Waals surface area contributed by atoms with Crippen LogP contribution in [0.2, 0.25) is 0 Å². The number of rotatable bonds is 4. The zero-order valence-corrected chi connectivity index (χ0v) is 14.3. The van der Waals surface area contributed by atoms with E-state index in [4.69, 9.17) is 13.9 Å². The third-order valence-corrected chi connectivity index (χ3v) is 4.93. The van der Waals surface area contributed by atoms with E-state index in [9.17, 15) is 4.79 Å². The van der Waals surface area contributed by atoms with Crippen LogP contribution >= 0.6 is 0 Å². The van der Waals surface area contributed by atoms with Crippen LogP contribution in [0.5, 0.6) is 0 Å². The Morgan fingerprint density at radius 2 is 2.28 bits per heavy atom. The average Bonchev–Trinajstić information content (AvgIpc) is 3.17. The molecular formula is C19H22N2O4. The maximum absolute atomic E-state index is 12.9. The Balaban J connectivity index is 1.50. The van der Waals surface area contributed by atoms with Crippen molar-refractivity contribution in [2.24, 2.45) is 0 Å². The van der Waals surface area contributed by atoms with E-state index in [0.29, 0.717) is 25.5 Å². The Kier molecular flexibility index (Phi) is 4.55. The molecule has 0 N–H and O–H groups in total. The lowest BCUT2D eigenvalue weighted by Crippen LogP contribution is -2.46. The van der Waals surface area contributed by atoms with Crippen LogP contribution in [0.15, 0.2) is 41.1 Å². The lowest BCUT2D eigenvalue weighted by Gasteiger charge is -2.30. The second-order valence-corrected chi connectivity index (χ2v) is 6.60. The first-order chi connectivity index (χ1) is 12.2. The van der Waals surface area contributed by atoms with Gasteiger partial charge in [0.1, 0.15) is 11.9 Å². The normalized spacial score (nSPS) is 25.8. The molecule has 1 aliphatic carbocycles. The van der Waals surface area contributed by atoms with Gasteiger partial charge in [-0.3, -0.25) is 9.78 Å². The van der Waals surface area contributed by atoms with Crippen molar-refractivity contribution in [3.8, 4) is 0 Å². The highest BCUT2D eigenvalue weighted by atomic mass is 16.5. The minimum Gasteiger partial charge on any atom is -0.456 e. The molecule has 1 saturated heterocycles. The van der Waals surface area contributed by atoms with Crippen molar-refractivity contribution in [3.63, 3.8) is 0 Å². The summed E-state index contributed by atoms with van der Waals surface area (Å²) >= 11 is 0. The number of pyridine rings is 1. The van der Waals surface area contributed by atoms with E-state index in [0.717, 1.165) is 24.2 Å². The first kappa shape index (κ1) is 16.3. The summed E-state index contributed by atoms with van der Waals surface area (Å²) in [5, 5.41) is 0. The standard InChI is InChI=1S/C19H22N2O4/c1-13-4-6-17(25-13)19(22)21-9-10-23-16-7-5-15(21)18(16)24-12-14-3-2-8-20-11-14/h2-4,6,8,11,15-16,18H,5,7,9-10,12H2,1H3/t15-,16-,18-/m0/s1. The average molecular weight is 342 g/mol. The third kappa shape index (κ3) is 3.32. The molecule has 2 fully saturated rings. The fourth-order valence-corrected chi connectivity index (χ4v) is 3.73. The zero-order valence-electron chi connectivity index (χ0n) is 14.3. The van der Waals surface area contributed by atoms with Gasteiger partial charge in [-0.25, -0.2) is 0 Å². The number of carbonyl (C=O) groups excluding carboxylic acids is 1. The van der Waals surface area contributed by atoms with Crippen LogP contribution in [-0.4, -0.2) is 47.2 Å². The number of aromatic nitrogens is 1. The summed E-state index contributed by atoms with van der Waals surface area (Å²) in [6, 6.07) is 7.45. The Labute approximate surface area is 146 Å². The van der Waals surface area contributed by atoms with E-state index in [1.54, 1.807) is 18.5 Å². The molecular weight excluding hydrogens is 320 g/mol. The van der Waals surface area contributed by atoms with Crippen LogP contribution in [0.3, 0.4) is 0 Å². The Hall–Kier alpha value is -2.18. The fraction of sp³-hybridized carbons (Fsp3) is 0.474. The molecule has 1 aliphatic heterocycles.